The number of carboxylic acid groups (broad SMARTS) is 1. The van der Waals surface area contributed by atoms with Gasteiger partial charge < -0.3 is 54.2 Å². The molecule has 0 bridgehead atoms. The molecule has 5 unspecified atom stereocenters. The summed E-state index contributed by atoms with van der Waals surface area (Å²) < 4.78 is 41.6. The van der Waals surface area contributed by atoms with E-state index in [1.165, 1.54) is 21.3 Å². The fourth-order valence-corrected chi connectivity index (χ4v) is 7.17. The van der Waals surface area contributed by atoms with E-state index in [9.17, 15) is 20.1 Å². The average molecular weight is 624 g/mol. The molecule has 0 aromatic heterocycles. The minimum absolute atomic E-state index is 0.0136. The second-order valence-corrected chi connectivity index (χ2v) is 11.3. The van der Waals surface area contributed by atoms with E-state index in [2.05, 4.69) is 0 Å². The van der Waals surface area contributed by atoms with Crippen LogP contribution in [0.25, 0.3) is 0 Å². The average Bonchev–Trinajstić information content (AvgIpc) is 3.43. The molecule has 0 amide bonds. The maximum Gasteiger partial charge on any atom is 0.312 e. The van der Waals surface area contributed by atoms with Crippen molar-refractivity contribution in [3.8, 4) is 17.2 Å². The number of methoxy groups -OCH3 is 3. The van der Waals surface area contributed by atoms with E-state index in [1.807, 2.05) is 0 Å². The summed E-state index contributed by atoms with van der Waals surface area (Å²) in [5, 5.41) is 37.4. The second-order valence-electron chi connectivity index (χ2n) is 11.3. The molecule has 3 aromatic rings. The molecule has 2 aliphatic heterocycles. The lowest BCUT2D eigenvalue weighted by molar-refractivity contribution is -0.422. The summed E-state index contributed by atoms with van der Waals surface area (Å²) in [6, 6.07) is 20.3. The Morgan fingerprint density at radius 3 is 2.31 bits per heavy atom. The van der Waals surface area contributed by atoms with Gasteiger partial charge in [-0.15, -0.1) is 0 Å². The summed E-state index contributed by atoms with van der Waals surface area (Å²) in [7, 11) is 4.28. The molecule has 0 spiro atoms. The van der Waals surface area contributed by atoms with Crippen LogP contribution < -0.4 is 19.9 Å². The summed E-state index contributed by atoms with van der Waals surface area (Å²) in [4.78, 5) is 13.5. The van der Waals surface area contributed by atoms with E-state index in [4.69, 9.17) is 38.9 Å². The number of hydrogen-bond donors (Lipinski definition) is 4. The molecule has 6 rings (SSSR count). The van der Waals surface area contributed by atoms with Crippen LogP contribution in [0.5, 0.6) is 17.2 Å². The number of aliphatic carboxylic acids is 1. The first kappa shape index (κ1) is 31.2. The second kappa shape index (κ2) is 11.9. The topological polar surface area (TPSA) is 168 Å². The highest BCUT2D eigenvalue weighted by Gasteiger charge is 2.86. The smallest absolute Gasteiger partial charge is 0.312 e. The number of benzene rings is 3. The van der Waals surface area contributed by atoms with Gasteiger partial charge in [0, 0.05) is 7.11 Å². The molecule has 2 fully saturated rings. The number of ether oxygens (including phenoxy) is 7. The van der Waals surface area contributed by atoms with Gasteiger partial charge >= 0.3 is 5.97 Å². The van der Waals surface area contributed by atoms with Gasteiger partial charge in [0.25, 0.3) is 0 Å². The Kier molecular flexibility index (Phi) is 8.25. The van der Waals surface area contributed by atoms with Crippen LogP contribution in [0, 0.1) is 5.92 Å². The van der Waals surface area contributed by atoms with Crippen LogP contribution in [0.4, 0.5) is 0 Å². The first-order valence-electron chi connectivity index (χ1n) is 14.6. The molecule has 12 heteroatoms. The zero-order valence-electron chi connectivity index (χ0n) is 25.1. The van der Waals surface area contributed by atoms with E-state index in [0.717, 1.165) is 0 Å². The van der Waals surface area contributed by atoms with Crippen molar-refractivity contribution in [1.29, 1.82) is 0 Å². The van der Waals surface area contributed by atoms with Gasteiger partial charge in [-0.2, -0.15) is 0 Å². The fourth-order valence-electron chi connectivity index (χ4n) is 7.17. The van der Waals surface area contributed by atoms with Gasteiger partial charge in [0.2, 0.25) is 18.4 Å². The molecular weight excluding hydrogens is 586 g/mol. The zero-order chi connectivity index (χ0) is 32.0. The first-order chi connectivity index (χ1) is 21.7. The molecule has 1 aliphatic carbocycles. The fraction of sp³-hybridized carbons (Fsp3) is 0.424. The van der Waals surface area contributed by atoms with E-state index >= 15 is 0 Å². The Hall–Kier alpha value is -3.75. The summed E-state index contributed by atoms with van der Waals surface area (Å²) in [6.07, 6.45) is -2.80. The summed E-state index contributed by atoms with van der Waals surface area (Å²) in [6.45, 7) is 0.405. The number of rotatable bonds is 10. The van der Waals surface area contributed by atoms with Gasteiger partial charge in [0.05, 0.1) is 38.4 Å². The minimum Gasteiger partial charge on any atom is -0.497 e. The number of nitrogens with two attached hydrogens (primary N) is 1. The van der Waals surface area contributed by atoms with Crippen molar-refractivity contribution >= 4 is 5.97 Å². The van der Waals surface area contributed by atoms with Crippen LogP contribution in [0.2, 0.25) is 0 Å². The highest BCUT2D eigenvalue weighted by Crippen LogP contribution is 2.73. The summed E-state index contributed by atoms with van der Waals surface area (Å²) in [5.74, 6) is -6.62. The van der Waals surface area contributed by atoms with Crippen molar-refractivity contribution in [3.63, 3.8) is 0 Å². The lowest BCUT2D eigenvalue weighted by Gasteiger charge is -2.46. The molecule has 1 saturated heterocycles. The molecule has 45 heavy (non-hydrogen) atoms. The number of hydrogen-bond acceptors (Lipinski definition) is 11. The van der Waals surface area contributed by atoms with Crippen molar-refractivity contribution in [2.24, 2.45) is 11.7 Å². The van der Waals surface area contributed by atoms with Crippen LogP contribution in [0.3, 0.4) is 0 Å². The van der Waals surface area contributed by atoms with E-state index in [-0.39, 0.29) is 30.2 Å². The van der Waals surface area contributed by atoms with Crippen molar-refractivity contribution in [2.75, 3.05) is 34.5 Å². The van der Waals surface area contributed by atoms with E-state index in [1.54, 1.807) is 72.8 Å². The number of carboxylic acids is 1. The maximum absolute atomic E-state index is 13.5. The lowest BCUT2D eigenvalue weighted by Crippen LogP contribution is -2.63. The normalized spacial score (nSPS) is 33.6. The van der Waals surface area contributed by atoms with Gasteiger partial charge in [-0.05, 0) is 48.4 Å². The highest BCUT2D eigenvalue weighted by atomic mass is 16.8. The van der Waals surface area contributed by atoms with Gasteiger partial charge in [-0.25, -0.2) is 0 Å². The zero-order valence-corrected chi connectivity index (χ0v) is 25.1. The Balaban J connectivity index is 1.66. The van der Waals surface area contributed by atoms with Gasteiger partial charge in [-0.1, -0.05) is 48.5 Å². The van der Waals surface area contributed by atoms with Crippen molar-refractivity contribution < 1.29 is 53.3 Å². The molecule has 5 N–H and O–H groups in total. The quantitative estimate of drug-likeness (QED) is 0.244. The predicted octanol–water partition coefficient (Wildman–Crippen LogP) is 2.45. The van der Waals surface area contributed by atoms with Gasteiger partial charge in [0.15, 0.2) is 11.2 Å². The SMILES string of the molecule is COc1ccc(C23Oc4cccc(OC)c4C2(O)C(O)(O[C@@H]2O[C@@H](CCN)CO[C@H]2OC)C(C(=O)O)C3c2ccccc2)cc1. The third-order valence-electron chi connectivity index (χ3n) is 9.04. The van der Waals surface area contributed by atoms with Crippen LogP contribution >= 0.6 is 0 Å². The Morgan fingerprint density at radius 1 is 0.956 bits per heavy atom. The molecule has 1 saturated carbocycles. The largest absolute Gasteiger partial charge is 0.497 e. The Bertz CT molecular complexity index is 1520. The third-order valence-corrected chi connectivity index (χ3v) is 9.04. The maximum atomic E-state index is 13.5. The molecular formula is C33H37NO11. The monoisotopic (exact) mass is 623 g/mol. The van der Waals surface area contributed by atoms with E-state index in [0.29, 0.717) is 23.3 Å². The van der Waals surface area contributed by atoms with Gasteiger partial charge in [-0.3, -0.25) is 4.79 Å². The minimum atomic E-state index is -2.94. The summed E-state index contributed by atoms with van der Waals surface area (Å²) >= 11 is 0. The molecule has 0 radical (unpaired) electrons. The number of carbonyl (C=O) groups is 1. The third kappa shape index (κ3) is 4.51. The van der Waals surface area contributed by atoms with Crippen LogP contribution in [-0.4, -0.2) is 80.2 Å². The predicted molar refractivity (Wildman–Crippen MR) is 158 cm³/mol. The number of fused-ring (bicyclic) bond motifs is 3. The van der Waals surface area contributed by atoms with Crippen LogP contribution in [-0.2, 0) is 34.9 Å². The van der Waals surface area contributed by atoms with Crippen LogP contribution in [0.15, 0.2) is 72.8 Å². The van der Waals surface area contributed by atoms with Crippen molar-refractivity contribution in [2.45, 2.75) is 48.0 Å². The molecule has 8 atom stereocenters. The van der Waals surface area contributed by atoms with Crippen molar-refractivity contribution in [1.82, 2.24) is 0 Å². The lowest BCUT2D eigenvalue weighted by atomic mass is 9.70. The van der Waals surface area contributed by atoms with Crippen molar-refractivity contribution in [3.05, 3.63) is 89.5 Å². The molecule has 240 valence electrons. The van der Waals surface area contributed by atoms with Crippen LogP contribution in [0.1, 0.15) is 29.0 Å². The number of aliphatic hydroxyl groups is 2. The molecule has 2 heterocycles. The van der Waals surface area contributed by atoms with E-state index < -0.39 is 53.5 Å². The Labute approximate surface area is 260 Å². The Morgan fingerprint density at radius 2 is 1.69 bits per heavy atom. The first-order valence-corrected chi connectivity index (χ1v) is 14.6. The molecule has 12 nitrogen and oxygen atoms in total. The van der Waals surface area contributed by atoms with Gasteiger partial charge in [0.1, 0.15) is 23.2 Å². The summed E-state index contributed by atoms with van der Waals surface area (Å²) in [5.41, 5.74) is 2.00. The molecule has 3 aromatic carbocycles. The molecule has 3 aliphatic rings. The standard InChI is InChI=1S/C33H37NO11/c1-39-21-14-12-20(13-15-21)31-25(19-8-5-4-6-9-19)27(28(35)36)33(38,45-30-29(41-3)42-18-22(43-30)16-17-34)32(31,37)26-23(40-2)10-7-11-24(26)44-31/h4-15,22,25,27,29-30,37-38H,16-18,34H2,1-3H3,(H,35,36)/t22-,25?,27?,29+,30-,31?,32?,33?/m0/s1. The highest BCUT2D eigenvalue weighted by molar-refractivity contribution is 5.77.